The van der Waals surface area contributed by atoms with Crippen molar-refractivity contribution in [2.24, 2.45) is 0 Å². The van der Waals surface area contributed by atoms with Gasteiger partial charge in [0.2, 0.25) is 0 Å². The molecule has 0 fully saturated rings. The first-order valence-corrected chi connectivity index (χ1v) is 29.6. The average Bonchev–Trinajstić information content (AvgIpc) is 0.663. The zero-order valence-electron chi connectivity index (χ0n) is 50.0. The van der Waals surface area contributed by atoms with Crippen LogP contribution in [0.15, 0.2) is 24.3 Å². The molecule has 9 aromatic carbocycles. The molecule has 0 atom stereocenters. The molecule has 96 heavy (non-hydrogen) atoms. The van der Waals surface area contributed by atoms with Gasteiger partial charge < -0.3 is 4.90 Å². The predicted molar refractivity (Wildman–Crippen MR) is 301 cm³/mol. The second kappa shape index (κ2) is 29.4. The lowest BCUT2D eigenvalue weighted by Crippen LogP contribution is -3.00. The Balaban J connectivity index is 0.000000367. The normalized spacial score (nSPS) is 12.1. The van der Waals surface area contributed by atoms with Crippen LogP contribution >= 0.6 is 0 Å². The Morgan fingerprint density at radius 2 is 0.396 bits per heavy atom. The maximum absolute atomic E-state index is 17.3. The Hall–Kier alpha value is -7.92. The minimum Gasteiger partial charge on any atom is -0.307 e. The Bertz CT molecular complexity index is 4030. The molecule has 0 aromatic heterocycles. The van der Waals surface area contributed by atoms with E-state index in [2.05, 4.69) is 45.3 Å². The summed E-state index contributed by atoms with van der Waals surface area (Å²) in [5, 5.41) is -27.0. The van der Waals surface area contributed by atoms with E-state index in [-0.39, 0.29) is 0 Å². The number of rotatable bonds is 22. The van der Waals surface area contributed by atoms with E-state index in [1.165, 1.54) is 125 Å². The summed E-state index contributed by atoms with van der Waals surface area (Å²) < 4.78 is 446. The van der Waals surface area contributed by atoms with Crippen molar-refractivity contribution in [3.05, 3.63) is 193 Å². The van der Waals surface area contributed by atoms with Crippen LogP contribution in [0.3, 0.4) is 0 Å². The summed E-state index contributed by atoms with van der Waals surface area (Å²) in [6.45, 7) is 2.30. The maximum Gasteiger partial charge on any atom is 0.198 e. The van der Waals surface area contributed by atoms with E-state index in [0.717, 1.165) is 0 Å². The lowest BCUT2D eigenvalue weighted by Gasteiger charge is -2.47. The maximum atomic E-state index is 17.3. The molecule has 0 aliphatic carbocycles. The van der Waals surface area contributed by atoms with Gasteiger partial charge in [-0.25, -0.2) is 123 Å². The molecule has 9 aromatic rings. The van der Waals surface area contributed by atoms with Crippen molar-refractivity contribution in [2.45, 2.75) is 116 Å². The number of halogens is 28. The van der Waals surface area contributed by atoms with Crippen LogP contribution in [-0.2, 0) is 6.42 Å². The Kier molecular flexibility index (Phi) is 22.7. The van der Waals surface area contributed by atoms with Crippen molar-refractivity contribution in [1.29, 1.82) is 0 Å². The first kappa shape index (κ1) is 73.9. The van der Waals surface area contributed by atoms with Crippen LogP contribution in [0.1, 0.15) is 115 Å². The number of nitrogens with one attached hydrogen (secondary N) is 1. The topological polar surface area (TPSA) is 4.44 Å². The van der Waals surface area contributed by atoms with E-state index >= 15 is 105 Å². The number of aryl methyl sites for hydroxylation is 1. The summed E-state index contributed by atoms with van der Waals surface area (Å²) in [5.41, 5.74) is -12.6. The highest BCUT2D eigenvalue weighted by molar-refractivity contribution is 7.23. The van der Waals surface area contributed by atoms with Gasteiger partial charge in [-0.15, -0.1) is 21.9 Å². The third-order valence-electron chi connectivity index (χ3n) is 17.1. The third-order valence-corrected chi connectivity index (χ3v) is 17.1. The third kappa shape index (κ3) is 12.4. The largest absolute Gasteiger partial charge is 0.307 e. The zero-order valence-corrected chi connectivity index (χ0v) is 50.0. The molecule has 0 heterocycles. The monoisotopic (exact) mass is 1400 g/mol. The molecule has 9 rings (SSSR count). The van der Waals surface area contributed by atoms with E-state index in [1.54, 1.807) is 0 Å². The molecule has 1 nitrogen and oxygen atoms in total. The van der Waals surface area contributed by atoms with Crippen molar-refractivity contribution in [3.8, 4) is 0 Å². The van der Waals surface area contributed by atoms with Crippen LogP contribution in [-0.4, -0.2) is 20.2 Å². The van der Waals surface area contributed by atoms with Crippen molar-refractivity contribution in [1.82, 2.24) is 0 Å². The zero-order chi connectivity index (χ0) is 71.2. The second-order valence-electron chi connectivity index (χ2n) is 23.1. The van der Waals surface area contributed by atoms with Crippen molar-refractivity contribution in [3.63, 3.8) is 0 Å². The van der Waals surface area contributed by atoms with Gasteiger partial charge in [0, 0.05) is 0 Å². The molecule has 0 unspecified atom stereocenters. The van der Waals surface area contributed by atoms with Crippen LogP contribution in [0, 0.1) is 163 Å². The number of unbranched alkanes of at least 4 members (excludes halogenated alkanes) is 15. The molecular formula is C66H48BF28N. The molecule has 0 aliphatic heterocycles. The van der Waals surface area contributed by atoms with E-state index in [4.69, 9.17) is 0 Å². The van der Waals surface area contributed by atoms with E-state index in [1.807, 2.05) is 0 Å². The summed E-state index contributed by atoms with van der Waals surface area (Å²) in [6, 6.07) is 9.18. The Labute approximate surface area is 526 Å². The van der Waals surface area contributed by atoms with Gasteiger partial charge in [-0.2, -0.15) is 0 Å². The fourth-order valence-electron chi connectivity index (χ4n) is 12.5. The summed E-state index contributed by atoms with van der Waals surface area (Å²) >= 11 is 0. The van der Waals surface area contributed by atoms with Crippen molar-refractivity contribution < 1.29 is 128 Å². The molecule has 0 spiro atoms. The molecule has 0 amide bonds. The SMILES string of the molecule is CCCCCCCCCCCCCCCCCCc1ccc([NH+](C)C)cc1.Fc1c(F)c(F)c2c([B-](c3c(F)c(F)c(F)c4c(F)c(F)c(F)c(F)c34)(c3c(F)c(F)c(F)c4c(F)c(F)c(F)c(F)c34)c3c(F)c(F)c(F)c4c(F)c(F)c(F)c(F)c34)c(F)c(F)c(F)c2c1F. The fraction of sp³-hybridized carbons (Fsp3) is 0.303. The van der Waals surface area contributed by atoms with Gasteiger partial charge in [-0.05, 0) is 52.1 Å². The molecule has 0 radical (unpaired) electrons. The first-order chi connectivity index (χ1) is 45.2. The van der Waals surface area contributed by atoms with E-state index in [0.29, 0.717) is 0 Å². The van der Waals surface area contributed by atoms with Gasteiger partial charge in [0.05, 0.1) is 35.6 Å². The molecular weight excluding hydrogens is 1350 g/mol. The minimum absolute atomic E-state index is 1.25. The molecule has 0 bridgehead atoms. The van der Waals surface area contributed by atoms with E-state index in [9.17, 15) is 17.6 Å². The Morgan fingerprint density at radius 1 is 0.219 bits per heavy atom. The summed E-state index contributed by atoms with van der Waals surface area (Å²) in [6.07, 6.45) is 16.3. The van der Waals surface area contributed by atoms with Crippen LogP contribution in [0.5, 0.6) is 0 Å². The quantitative estimate of drug-likeness (QED) is 0.0227. The summed E-state index contributed by atoms with van der Waals surface area (Å²) in [7, 11) is 4.37. The highest BCUT2D eigenvalue weighted by Crippen LogP contribution is 2.42. The number of quaternary nitrogens is 1. The lowest BCUT2D eigenvalue weighted by atomic mass is 9.11. The molecule has 0 aliphatic rings. The fourth-order valence-corrected chi connectivity index (χ4v) is 12.5. The smallest absolute Gasteiger partial charge is 0.198 e. The summed E-state index contributed by atoms with van der Waals surface area (Å²) in [4.78, 5) is 1.41. The summed E-state index contributed by atoms with van der Waals surface area (Å²) in [5.74, 6) is -104. The number of hydrogen-bond acceptors (Lipinski definition) is 0. The predicted octanol–water partition coefficient (Wildman–Crippen LogP) is 18.8. The van der Waals surface area contributed by atoms with Gasteiger partial charge in [0.15, 0.2) is 140 Å². The van der Waals surface area contributed by atoms with Gasteiger partial charge in [-0.1, -0.05) is 115 Å². The molecule has 1 N–H and O–H groups in total. The number of fused-ring (bicyclic) bond motifs is 4. The molecule has 516 valence electrons. The van der Waals surface area contributed by atoms with Gasteiger partial charge in [0.25, 0.3) is 0 Å². The van der Waals surface area contributed by atoms with Gasteiger partial charge in [0.1, 0.15) is 35.1 Å². The van der Waals surface area contributed by atoms with Crippen LogP contribution < -0.4 is 26.8 Å². The molecule has 30 heteroatoms. The standard InChI is InChI=1S/C40BF28.C26H47N/c42-13-1-5(21(50)37(66)33(13)62)17(46)29(58)25(54)9(1)41(10-2-6(18(47)30(59)26(10)55)22(51)38(67)34(63)14(2)43,11-3-7(19(48)31(60)27(11)56)23(52)39(68)35(64)15(3)44)12-4-8(20(49)32(61)28(12)57)24(53)40(69)36(65)16(4)45;1-4-5-6-7-8-9-10-11-12-13-14-15-16-17-18-19-20-25-21-23-26(24-22-25)27(2)3/h;21-24H,4-20H2,1-3H3/q-1;/p+1. The van der Waals surface area contributed by atoms with Crippen molar-refractivity contribution >= 4 is 76.8 Å². The highest BCUT2D eigenvalue weighted by atomic mass is 19.2. The number of benzene rings is 9. The van der Waals surface area contributed by atoms with E-state index < -0.39 is 234 Å². The minimum atomic E-state index is -8.05. The van der Waals surface area contributed by atoms with Crippen LogP contribution in [0.4, 0.5) is 129 Å². The second-order valence-corrected chi connectivity index (χ2v) is 23.1. The first-order valence-electron chi connectivity index (χ1n) is 29.6. The Morgan fingerprint density at radius 3 is 0.594 bits per heavy atom. The highest BCUT2D eigenvalue weighted by Gasteiger charge is 2.52. The van der Waals surface area contributed by atoms with Gasteiger partial charge in [-0.3, -0.25) is 0 Å². The molecule has 0 saturated carbocycles. The van der Waals surface area contributed by atoms with Gasteiger partial charge >= 0.3 is 0 Å². The van der Waals surface area contributed by atoms with Crippen LogP contribution in [0.25, 0.3) is 43.1 Å². The molecule has 0 saturated heterocycles. The van der Waals surface area contributed by atoms with Crippen molar-refractivity contribution in [2.75, 3.05) is 14.1 Å². The number of hydrogen-bond donors (Lipinski definition) is 1. The lowest BCUT2D eigenvalue weighted by molar-refractivity contribution is -0.786. The average molecular weight is 1400 g/mol. The van der Waals surface area contributed by atoms with Crippen LogP contribution in [0.2, 0.25) is 0 Å².